The van der Waals surface area contributed by atoms with Crippen LogP contribution in [0.25, 0.3) is 0 Å². The number of carboxylic acids is 1. The first-order valence-corrected chi connectivity index (χ1v) is 14.2. The molecule has 9 nitrogen and oxygen atoms in total. The van der Waals surface area contributed by atoms with Gasteiger partial charge in [-0.15, -0.1) is 12.4 Å². The first-order chi connectivity index (χ1) is 22.8. The molecule has 2 aromatic carbocycles. The van der Waals surface area contributed by atoms with Gasteiger partial charge in [-0.3, -0.25) is 9.59 Å². The van der Waals surface area contributed by atoms with Crippen molar-refractivity contribution in [3.05, 3.63) is 59.7 Å². The number of rotatable bonds is 11. The molecule has 0 radical (unpaired) electrons. The highest BCUT2D eigenvalue weighted by molar-refractivity contribution is 5.85. The van der Waals surface area contributed by atoms with E-state index in [-0.39, 0.29) is 29.9 Å². The van der Waals surface area contributed by atoms with E-state index >= 15 is 0 Å². The lowest BCUT2D eigenvalue weighted by Crippen LogP contribution is -2.46. The molecule has 0 aliphatic heterocycles. The highest BCUT2D eigenvalue weighted by atomic mass is 35.5. The van der Waals surface area contributed by atoms with Crippen molar-refractivity contribution in [3.63, 3.8) is 0 Å². The number of aliphatic carboxylic acids is 1. The van der Waals surface area contributed by atoms with E-state index in [4.69, 9.17) is 15.9 Å². The molecule has 0 aliphatic carbocycles. The maximum atomic E-state index is 12.5. The number of hydrogen-bond acceptors (Lipinski definition) is 7. The summed E-state index contributed by atoms with van der Waals surface area (Å²) in [6, 6.07) is 10.7. The maximum absolute atomic E-state index is 12.5. The van der Waals surface area contributed by atoms with Crippen LogP contribution in [0, 0.1) is 0 Å². The Morgan fingerprint density at radius 1 is 0.712 bits per heavy atom. The summed E-state index contributed by atoms with van der Waals surface area (Å²) < 4.78 is 154. The number of benzene rings is 2. The first-order valence-electron chi connectivity index (χ1n) is 14.2. The number of hydrogen-bond donors (Lipinski definition) is 5. The van der Waals surface area contributed by atoms with Crippen LogP contribution >= 0.6 is 12.4 Å². The Morgan fingerprint density at radius 2 is 1.08 bits per heavy atom. The summed E-state index contributed by atoms with van der Waals surface area (Å²) in [6.07, 6.45) is -21.2. The molecule has 0 aliphatic rings. The Balaban J connectivity index is 0. The molecular weight excluding hydrogens is 764 g/mol. The van der Waals surface area contributed by atoms with Gasteiger partial charge in [0.25, 0.3) is 0 Å². The van der Waals surface area contributed by atoms with Gasteiger partial charge in [-0.25, -0.2) is 0 Å². The summed E-state index contributed by atoms with van der Waals surface area (Å²) in [5, 5.41) is 28.0. The lowest BCUT2D eigenvalue weighted by molar-refractivity contribution is -0.255. The van der Waals surface area contributed by atoms with Gasteiger partial charge in [0.15, 0.2) is 24.4 Å². The van der Waals surface area contributed by atoms with Crippen molar-refractivity contribution >= 4 is 24.3 Å². The maximum Gasteiger partial charge on any atom is 0.422 e. The first kappa shape index (κ1) is 50.4. The number of carboxylic acid groups (broad SMARTS) is 1. The molecule has 22 heteroatoms. The van der Waals surface area contributed by atoms with Gasteiger partial charge in [0.1, 0.15) is 11.5 Å². The summed E-state index contributed by atoms with van der Waals surface area (Å²) in [7, 11) is 0. The van der Waals surface area contributed by atoms with Gasteiger partial charge < -0.3 is 35.8 Å². The van der Waals surface area contributed by atoms with Crippen LogP contribution in [0.1, 0.15) is 63.7 Å². The second-order valence-electron chi connectivity index (χ2n) is 11.3. The van der Waals surface area contributed by atoms with Crippen LogP contribution in [-0.4, -0.2) is 76.3 Å². The third-order valence-electron chi connectivity index (χ3n) is 6.15. The quantitative estimate of drug-likeness (QED) is 0.148. The van der Waals surface area contributed by atoms with Gasteiger partial charge in [0, 0.05) is 6.04 Å². The van der Waals surface area contributed by atoms with Gasteiger partial charge in [0.2, 0.25) is 5.91 Å². The third kappa shape index (κ3) is 20.4. The molecule has 52 heavy (non-hydrogen) atoms. The molecule has 0 spiro atoms. The molecule has 0 saturated heterocycles. The van der Waals surface area contributed by atoms with Crippen LogP contribution in [0.5, 0.6) is 11.5 Å². The van der Waals surface area contributed by atoms with Crippen LogP contribution in [0.2, 0.25) is 0 Å². The number of carbonyl (C=O) groups is 2. The summed E-state index contributed by atoms with van der Waals surface area (Å²) in [5.41, 5.74) is 0.339. The van der Waals surface area contributed by atoms with Gasteiger partial charge in [-0.2, -0.15) is 52.7 Å². The topological polar surface area (TPSA) is 151 Å². The van der Waals surface area contributed by atoms with Crippen molar-refractivity contribution in [3.8, 4) is 11.5 Å². The Hall–Kier alpha value is -3.69. The third-order valence-corrected chi connectivity index (χ3v) is 6.15. The minimum atomic E-state index is -4.97. The number of halogens is 13. The van der Waals surface area contributed by atoms with E-state index in [1.807, 2.05) is 0 Å². The van der Waals surface area contributed by atoms with Crippen LogP contribution in [0.3, 0.4) is 0 Å². The number of alkyl halides is 12. The highest BCUT2D eigenvalue weighted by Gasteiger charge is 2.52. The van der Waals surface area contributed by atoms with Crippen molar-refractivity contribution in [2.45, 2.75) is 88.5 Å². The fourth-order valence-corrected chi connectivity index (χ4v) is 3.27. The van der Waals surface area contributed by atoms with Crippen molar-refractivity contribution in [2.75, 3.05) is 13.2 Å². The fraction of sp³-hybridized carbons (Fsp3) is 0.533. The van der Waals surface area contributed by atoms with E-state index in [2.05, 4.69) is 14.8 Å². The molecule has 0 fully saturated rings. The van der Waals surface area contributed by atoms with Gasteiger partial charge in [-0.1, -0.05) is 24.3 Å². The monoisotopic (exact) mass is 800 g/mol. The number of ether oxygens (including phenoxy) is 2. The largest absolute Gasteiger partial charge is 0.484 e. The zero-order chi connectivity index (χ0) is 40.2. The summed E-state index contributed by atoms with van der Waals surface area (Å²) >= 11 is 0. The average Bonchev–Trinajstić information content (AvgIpc) is 2.93. The van der Waals surface area contributed by atoms with Gasteiger partial charge in [-0.05, 0) is 63.1 Å². The van der Waals surface area contributed by atoms with Crippen LogP contribution < -0.4 is 20.5 Å². The molecular formula is C30H37ClF12N2O7. The molecule has 2 aromatic rings. The zero-order valence-electron chi connectivity index (χ0n) is 27.6. The molecule has 6 N–H and O–H groups in total. The van der Waals surface area contributed by atoms with E-state index < -0.39 is 79.9 Å². The Labute approximate surface area is 295 Å². The minimum Gasteiger partial charge on any atom is -0.484 e. The molecule has 4 atom stereocenters. The molecule has 0 heterocycles. The van der Waals surface area contributed by atoms with E-state index in [9.17, 15) is 67.4 Å². The molecule has 2 rings (SSSR count). The SMILES string of the molecule is CC(O)(CC(=O)O)C(F)(F)F.C[C@H](N)c1cccc(OCC(F)(F)F)c1.C[C@H](NC(=O)CC(C)(O)C(F)(F)F)c1cccc(OCC(F)(F)F)c1.Cl. The predicted octanol–water partition coefficient (Wildman–Crippen LogP) is 7.35. The second-order valence-corrected chi connectivity index (χ2v) is 11.3. The van der Waals surface area contributed by atoms with Crippen molar-refractivity contribution < 1.29 is 87.1 Å². The molecule has 0 aromatic heterocycles. The smallest absolute Gasteiger partial charge is 0.422 e. The predicted molar refractivity (Wildman–Crippen MR) is 163 cm³/mol. The van der Waals surface area contributed by atoms with Crippen LogP contribution in [-0.2, 0) is 9.59 Å². The normalized spacial score (nSPS) is 15.4. The summed E-state index contributed by atoms with van der Waals surface area (Å²) in [5.74, 6) is -2.66. The van der Waals surface area contributed by atoms with Crippen molar-refractivity contribution in [2.24, 2.45) is 5.73 Å². The fourth-order valence-electron chi connectivity index (χ4n) is 3.27. The molecule has 1 amide bonds. The van der Waals surface area contributed by atoms with Gasteiger partial charge >= 0.3 is 30.7 Å². The zero-order valence-corrected chi connectivity index (χ0v) is 28.4. The molecule has 0 saturated carbocycles. The number of nitrogens with two attached hydrogens (primary N) is 1. The van der Waals surface area contributed by atoms with Crippen molar-refractivity contribution in [1.29, 1.82) is 0 Å². The highest BCUT2D eigenvalue weighted by Crippen LogP contribution is 2.33. The second kappa shape index (κ2) is 20.0. The van der Waals surface area contributed by atoms with Crippen molar-refractivity contribution in [1.82, 2.24) is 5.32 Å². The number of carbonyl (C=O) groups excluding carboxylic acids is 1. The molecule has 0 bridgehead atoms. The van der Waals surface area contributed by atoms with E-state index in [1.54, 1.807) is 19.1 Å². The van der Waals surface area contributed by atoms with Gasteiger partial charge in [0.05, 0.1) is 18.9 Å². The number of nitrogens with one attached hydrogen (secondary N) is 1. The van der Waals surface area contributed by atoms with Crippen LogP contribution in [0.4, 0.5) is 52.7 Å². The standard InChI is InChI=1S/C15H17F6NO3.C10H12F3NO.C5H7F3O3.ClH/c1-9(22-12(23)7-13(2,24)15(19,20)21)10-4-3-5-11(6-10)25-8-14(16,17)18;1-7(14)8-3-2-4-9(5-8)15-6-10(11,12)13;1-4(11,2-3(9)10)5(6,7)8;/h3-6,9,24H,7-8H2,1-2H3,(H,22,23);2-5,7H,6,14H2,1H3;11H,2H2,1H3,(H,9,10);1H/t9-,13?;7-;;/m00../s1. The summed E-state index contributed by atoms with van der Waals surface area (Å²) in [4.78, 5) is 21.5. The van der Waals surface area contributed by atoms with E-state index in [1.165, 1.54) is 43.3 Å². The minimum absolute atomic E-state index is 0. The van der Waals surface area contributed by atoms with Crippen LogP contribution in [0.15, 0.2) is 48.5 Å². The molecule has 2 unspecified atom stereocenters. The molecule has 300 valence electrons. The van der Waals surface area contributed by atoms with E-state index in [0.717, 1.165) is 5.56 Å². The Kier molecular flexibility index (Phi) is 19.3. The lowest BCUT2D eigenvalue weighted by atomic mass is 10.0. The lowest BCUT2D eigenvalue weighted by Gasteiger charge is -2.26. The Morgan fingerprint density at radius 3 is 1.40 bits per heavy atom. The van der Waals surface area contributed by atoms with E-state index in [0.29, 0.717) is 19.4 Å². The average molecular weight is 801 g/mol. The summed E-state index contributed by atoms with van der Waals surface area (Å²) in [6.45, 7) is 1.30. The number of aliphatic hydroxyl groups is 2. The number of amides is 1. The Bertz CT molecular complexity index is 1400.